The number of benzene rings is 1. The molecule has 0 aromatic heterocycles. The van der Waals surface area contributed by atoms with E-state index in [0.717, 1.165) is 23.9 Å². The second-order valence-corrected chi connectivity index (χ2v) is 6.56. The van der Waals surface area contributed by atoms with E-state index in [1.165, 1.54) is 11.0 Å². The monoisotopic (exact) mass is 383 g/mol. The van der Waals surface area contributed by atoms with Gasteiger partial charge in [-0.1, -0.05) is 0 Å². The average molecular weight is 383 g/mol. The average Bonchev–Trinajstić information content (AvgIpc) is 2.56. The Labute approximate surface area is 146 Å². The Morgan fingerprint density at radius 1 is 1.24 bits per heavy atom. The number of carbonyl (C=O) groups excluding carboxylic acids is 1. The molecule has 10 heteroatoms. The lowest BCUT2D eigenvalue weighted by Crippen LogP contribution is -2.57. The molecule has 25 heavy (non-hydrogen) atoms. The van der Waals surface area contributed by atoms with Crippen LogP contribution in [0.4, 0.5) is 22.0 Å². The number of nitrogens with zero attached hydrogens (tertiary/aromatic N) is 1. The zero-order chi connectivity index (χ0) is 18.4. The molecule has 1 heterocycles. The summed E-state index contributed by atoms with van der Waals surface area (Å²) in [6, 6.07) is 1.42. The van der Waals surface area contributed by atoms with Crippen LogP contribution in [0.15, 0.2) is 23.1 Å². The van der Waals surface area contributed by atoms with Crippen molar-refractivity contribution < 1.29 is 26.7 Å². The van der Waals surface area contributed by atoms with Crippen molar-refractivity contribution >= 4 is 17.7 Å². The van der Waals surface area contributed by atoms with Crippen molar-refractivity contribution in [2.24, 2.45) is 0 Å². The molecule has 0 radical (unpaired) electrons. The molecule has 2 rings (SSSR count). The van der Waals surface area contributed by atoms with Crippen LogP contribution in [0, 0.1) is 11.6 Å². The fourth-order valence-corrected chi connectivity index (χ4v) is 3.17. The van der Waals surface area contributed by atoms with Gasteiger partial charge in [-0.15, -0.1) is 11.8 Å². The number of hydrogen-bond donors (Lipinski definition) is 2. The summed E-state index contributed by atoms with van der Waals surface area (Å²) in [4.78, 5) is 13.4. The van der Waals surface area contributed by atoms with Crippen LogP contribution in [-0.4, -0.2) is 61.5 Å². The third kappa shape index (κ3) is 6.12. The predicted molar refractivity (Wildman–Crippen MR) is 84.4 cm³/mol. The molecular formula is C15H18F5N3OS. The van der Waals surface area contributed by atoms with E-state index in [1.807, 2.05) is 0 Å². The van der Waals surface area contributed by atoms with Crippen LogP contribution >= 0.6 is 11.8 Å². The second kappa shape index (κ2) is 8.81. The molecule has 4 nitrogen and oxygen atoms in total. The van der Waals surface area contributed by atoms with Crippen LogP contribution in [0.1, 0.15) is 0 Å². The number of carbonyl (C=O) groups is 1. The van der Waals surface area contributed by atoms with Crippen molar-refractivity contribution in [1.29, 1.82) is 0 Å². The summed E-state index contributed by atoms with van der Waals surface area (Å²) in [5, 5.41) is 5.25. The van der Waals surface area contributed by atoms with E-state index in [1.54, 1.807) is 0 Å². The molecule has 0 bridgehead atoms. The van der Waals surface area contributed by atoms with Gasteiger partial charge in [-0.25, -0.2) is 8.78 Å². The number of thioether (sulfide) groups is 1. The molecule has 1 aromatic carbocycles. The van der Waals surface area contributed by atoms with Gasteiger partial charge in [0.25, 0.3) is 0 Å². The molecule has 1 unspecified atom stereocenters. The van der Waals surface area contributed by atoms with E-state index in [-0.39, 0.29) is 18.8 Å². The second-order valence-electron chi connectivity index (χ2n) is 5.51. The van der Waals surface area contributed by atoms with Gasteiger partial charge < -0.3 is 10.6 Å². The van der Waals surface area contributed by atoms with Crippen LogP contribution in [0.5, 0.6) is 0 Å². The van der Waals surface area contributed by atoms with Crippen LogP contribution in [0.2, 0.25) is 0 Å². The zero-order valence-corrected chi connectivity index (χ0v) is 14.0. The van der Waals surface area contributed by atoms with Crippen molar-refractivity contribution in [2.75, 3.05) is 38.5 Å². The van der Waals surface area contributed by atoms with E-state index in [0.29, 0.717) is 18.0 Å². The summed E-state index contributed by atoms with van der Waals surface area (Å²) >= 11 is 0.923. The minimum absolute atomic E-state index is 0.183. The summed E-state index contributed by atoms with van der Waals surface area (Å²) in [5.41, 5.74) is 0. The van der Waals surface area contributed by atoms with Crippen LogP contribution in [0.3, 0.4) is 0 Å². The lowest BCUT2D eigenvalue weighted by molar-refractivity contribution is -0.183. The minimum Gasteiger partial charge on any atom is -0.353 e. The standard InChI is InChI=1S/C15H18F5N3OS/c16-11-2-1-10(7-12(11)17)25-9-14(24)22-8-13(15(18,19)20)23-5-3-21-4-6-23/h1-2,7,13,21H,3-6,8-9H2,(H,22,24). The first-order valence-electron chi connectivity index (χ1n) is 7.63. The van der Waals surface area contributed by atoms with Crippen molar-refractivity contribution in [3.63, 3.8) is 0 Å². The van der Waals surface area contributed by atoms with Crippen molar-refractivity contribution in [2.45, 2.75) is 17.1 Å². The highest BCUT2D eigenvalue weighted by atomic mass is 32.2. The highest BCUT2D eigenvalue weighted by Gasteiger charge is 2.43. The molecule has 0 saturated carbocycles. The summed E-state index contributed by atoms with van der Waals surface area (Å²) in [6.45, 7) is 0.896. The Hall–Kier alpha value is -1.39. The quantitative estimate of drug-likeness (QED) is 0.583. The molecule has 1 aromatic rings. The smallest absolute Gasteiger partial charge is 0.353 e. The molecule has 1 atom stereocenters. The van der Waals surface area contributed by atoms with E-state index in [9.17, 15) is 26.7 Å². The highest BCUT2D eigenvalue weighted by Crippen LogP contribution is 2.25. The van der Waals surface area contributed by atoms with E-state index in [2.05, 4.69) is 10.6 Å². The number of amides is 1. The van der Waals surface area contributed by atoms with Gasteiger partial charge in [0.2, 0.25) is 5.91 Å². The van der Waals surface area contributed by atoms with E-state index < -0.39 is 36.3 Å². The maximum atomic E-state index is 13.2. The third-order valence-corrected chi connectivity index (χ3v) is 4.72. The number of piperazine rings is 1. The van der Waals surface area contributed by atoms with Gasteiger partial charge in [0.1, 0.15) is 6.04 Å². The van der Waals surface area contributed by atoms with Gasteiger partial charge >= 0.3 is 6.18 Å². The topological polar surface area (TPSA) is 44.4 Å². The molecule has 1 fully saturated rings. The maximum absolute atomic E-state index is 13.2. The van der Waals surface area contributed by atoms with E-state index in [4.69, 9.17) is 0 Å². The van der Waals surface area contributed by atoms with Crippen molar-refractivity contribution in [1.82, 2.24) is 15.5 Å². The van der Waals surface area contributed by atoms with Crippen LogP contribution in [-0.2, 0) is 4.79 Å². The Kier molecular flexibility index (Phi) is 7.03. The molecule has 1 amide bonds. The van der Waals surface area contributed by atoms with Gasteiger partial charge in [-0.2, -0.15) is 13.2 Å². The zero-order valence-electron chi connectivity index (χ0n) is 13.2. The first kappa shape index (κ1) is 19.9. The van der Waals surface area contributed by atoms with Gasteiger partial charge in [0.05, 0.1) is 5.75 Å². The lowest BCUT2D eigenvalue weighted by Gasteiger charge is -2.35. The highest BCUT2D eigenvalue weighted by molar-refractivity contribution is 8.00. The van der Waals surface area contributed by atoms with Gasteiger partial charge in [-0.3, -0.25) is 9.69 Å². The molecule has 0 spiro atoms. The molecule has 140 valence electrons. The van der Waals surface area contributed by atoms with Gasteiger partial charge in [0, 0.05) is 37.6 Å². The Morgan fingerprint density at radius 3 is 2.52 bits per heavy atom. The summed E-state index contributed by atoms with van der Waals surface area (Å²) in [5.74, 6) is -2.82. The minimum atomic E-state index is -4.45. The first-order valence-corrected chi connectivity index (χ1v) is 8.62. The van der Waals surface area contributed by atoms with E-state index >= 15 is 0 Å². The lowest BCUT2D eigenvalue weighted by atomic mass is 10.2. The van der Waals surface area contributed by atoms with Crippen LogP contribution in [0.25, 0.3) is 0 Å². The molecule has 1 aliphatic heterocycles. The Bertz CT molecular complexity index is 593. The molecule has 1 saturated heterocycles. The Morgan fingerprint density at radius 2 is 1.92 bits per heavy atom. The molecule has 1 aliphatic rings. The number of nitrogens with one attached hydrogen (secondary N) is 2. The largest absolute Gasteiger partial charge is 0.405 e. The summed E-state index contributed by atoms with van der Waals surface area (Å²) in [7, 11) is 0. The fraction of sp³-hybridized carbons (Fsp3) is 0.533. The SMILES string of the molecule is O=C(CSc1ccc(F)c(F)c1)NCC(N1CCNCC1)C(F)(F)F. The molecular weight excluding hydrogens is 365 g/mol. The Balaban J connectivity index is 1.84. The normalized spacial score (nSPS) is 17.3. The number of hydrogen-bond acceptors (Lipinski definition) is 4. The van der Waals surface area contributed by atoms with Crippen LogP contribution < -0.4 is 10.6 Å². The fourth-order valence-electron chi connectivity index (χ4n) is 2.42. The number of rotatable bonds is 6. The first-order chi connectivity index (χ1) is 11.8. The van der Waals surface area contributed by atoms with Crippen molar-refractivity contribution in [3.05, 3.63) is 29.8 Å². The maximum Gasteiger partial charge on any atom is 0.405 e. The summed E-state index contributed by atoms with van der Waals surface area (Å²) < 4.78 is 65.5. The number of alkyl halides is 3. The molecule has 0 aliphatic carbocycles. The molecule has 2 N–H and O–H groups in total. The third-order valence-electron chi connectivity index (χ3n) is 3.72. The predicted octanol–water partition coefficient (Wildman–Crippen LogP) is 2.01. The number of halogens is 5. The summed E-state index contributed by atoms with van der Waals surface area (Å²) in [6.07, 6.45) is -4.45. The van der Waals surface area contributed by atoms with Gasteiger partial charge in [-0.05, 0) is 18.2 Å². The van der Waals surface area contributed by atoms with Crippen molar-refractivity contribution in [3.8, 4) is 0 Å². The van der Waals surface area contributed by atoms with Gasteiger partial charge in [0.15, 0.2) is 11.6 Å².